The zero-order chi connectivity index (χ0) is 38.6. The number of hydroxylamine groups is 2. The zero-order valence-electron chi connectivity index (χ0n) is 29.1. The van der Waals surface area contributed by atoms with Crippen LogP contribution in [-0.2, 0) is 51.4 Å². The monoisotopic (exact) mass is 786 g/mol. The Bertz CT molecular complexity index is 2370. The summed E-state index contributed by atoms with van der Waals surface area (Å²) in [5.74, 6) is -2.07. The summed E-state index contributed by atoms with van der Waals surface area (Å²) in [5.41, 5.74) is 2.37. The van der Waals surface area contributed by atoms with Crippen molar-refractivity contribution in [1.82, 2.24) is 9.63 Å². The number of rotatable bonds is 16. The van der Waals surface area contributed by atoms with Crippen molar-refractivity contribution in [3.63, 3.8) is 0 Å². The second kappa shape index (κ2) is 16.3. The second-order valence-electron chi connectivity index (χ2n) is 13.2. The molecule has 1 atom stereocenters. The molecule has 1 fully saturated rings. The zero-order valence-corrected chi connectivity index (χ0v) is 31.5. The van der Waals surface area contributed by atoms with Crippen LogP contribution in [0.3, 0.4) is 0 Å². The van der Waals surface area contributed by atoms with E-state index in [1.165, 1.54) is 12.1 Å². The number of fused-ring (bicyclic) bond motifs is 2. The molecule has 2 aliphatic rings. The van der Waals surface area contributed by atoms with Gasteiger partial charge in [0.2, 0.25) is 5.69 Å². The van der Waals surface area contributed by atoms with Gasteiger partial charge in [-0.2, -0.15) is 16.8 Å². The van der Waals surface area contributed by atoms with Crippen molar-refractivity contribution >= 4 is 84.6 Å². The normalized spacial score (nSPS) is 18.2. The molecule has 0 aliphatic carbocycles. The molecule has 282 valence electrons. The maximum absolute atomic E-state index is 12.3. The lowest BCUT2D eigenvalue weighted by Crippen LogP contribution is -2.65. The highest BCUT2D eigenvalue weighted by atomic mass is 35.5. The number of nitrogens with zero attached hydrogens (tertiary/aromatic N) is 2. The third-order valence-electron chi connectivity index (χ3n) is 9.45. The molecule has 2 amide bonds. The number of carbonyl (C=O) groups is 3. The maximum atomic E-state index is 12.3. The van der Waals surface area contributed by atoms with E-state index in [1.807, 2.05) is 54.0 Å². The van der Waals surface area contributed by atoms with Gasteiger partial charge in [-0.15, -0.1) is 5.06 Å². The van der Waals surface area contributed by atoms with Gasteiger partial charge in [-0.1, -0.05) is 49.2 Å². The Morgan fingerprint density at radius 3 is 2.42 bits per heavy atom. The van der Waals surface area contributed by atoms with E-state index >= 15 is 0 Å². The highest BCUT2D eigenvalue weighted by Gasteiger charge is 2.44. The molecule has 1 unspecified atom stereocenters. The van der Waals surface area contributed by atoms with Crippen molar-refractivity contribution in [3.8, 4) is 0 Å². The van der Waals surface area contributed by atoms with Crippen LogP contribution in [0.1, 0.15) is 70.3 Å². The molecule has 3 N–H and O–H groups in total. The largest absolute Gasteiger partial charge is 0.340 e. The van der Waals surface area contributed by atoms with Gasteiger partial charge in [-0.05, 0) is 69.0 Å². The number of imide groups is 1. The third kappa shape index (κ3) is 9.58. The number of aromatic nitrogens is 1. The van der Waals surface area contributed by atoms with Crippen LogP contribution in [0.25, 0.3) is 23.6 Å². The smallest absolute Gasteiger partial charge is 0.333 e. The van der Waals surface area contributed by atoms with Crippen molar-refractivity contribution in [2.45, 2.75) is 81.6 Å². The molecule has 0 spiro atoms. The van der Waals surface area contributed by atoms with Crippen LogP contribution in [-0.4, -0.2) is 64.8 Å². The van der Waals surface area contributed by atoms with Gasteiger partial charge in [0.25, 0.3) is 32.1 Å². The lowest BCUT2D eigenvalue weighted by Gasteiger charge is -2.22. The van der Waals surface area contributed by atoms with Crippen LogP contribution in [0.5, 0.6) is 0 Å². The fraction of sp³-hybridized carbons (Fsp3) is 0.351. The summed E-state index contributed by atoms with van der Waals surface area (Å²) < 4.78 is 67.4. The molecule has 2 aliphatic heterocycles. The third-order valence-corrected chi connectivity index (χ3v) is 11.3. The molecule has 1 saturated heterocycles. The number of amides is 2. The molecule has 1 aromatic heterocycles. The van der Waals surface area contributed by atoms with Crippen molar-refractivity contribution < 1.29 is 50.2 Å². The van der Waals surface area contributed by atoms with Gasteiger partial charge in [-0.3, -0.25) is 18.7 Å². The summed E-state index contributed by atoms with van der Waals surface area (Å²) in [4.78, 5) is 43.8. The fourth-order valence-electron chi connectivity index (χ4n) is 6.67. The molecule has 0 radical (unpaired) electrons. The van der Waals surface area contributed by atoms with Gasteiger partial charge in [-0.25, -0.2) is 9.79 Å². The number of hydrogen-bond acceptors (Lipinski definition) is 8. The van der Waals surface area contributed by atoms with Gasteiger partial charge in [0.15, 0.2) is 5.71 Å². The Balaban J connectivity index is 1.32. The van der Waals surface area contributed by atoms with Crippen LogP contribution < -0.4 is 15.6 Å². The molecule has 5 rings (SSSR count). The Morgan fingerprint density at radius 2 is 1.72 bits per heavy atom. The molecule has 3 heterocycles. The number of nitrogens with one attached hydrogen (secondary N) is 1. The van der Waals surface area contributed by atoms with Gasteiger partial charge in [0, 0.05) is 70.0 Å². The topological polar surface area (TPSA) is 191 Å². The minimum absolute atomic E-state index is 0.0127. The summed E-state index contributed by atoms with van der Waals surface area (Å²) in [6.07, 6.45) is 12.4. The average Bonchev–Trinajstić information content (AvgIpc) is 3.65. The average molecular weight is 787 g/mol. The lowest BCUT2D eigenvalue weighted by atomic mass is 9.75. The highest BCUT2D eigenvalue weighted by molar-refractivity contribution is 7.86. The Morgan fingerprint density at radius 1 is 0.981 bits per heavy atom. The van der Waals surface area contributed by atoms with E-state index in [0.29, 0.717) is 60.0 Å². The Hall–Kier alpha value is -4.41. The first-order chi connectivity index (χ1) is 25.0. The molecule has 0 bridgehead atoms. The molecule has 3 aromatic rings. The number of halogens is 1. The summed E-state index contributed by atoms with van der Waals surface area (Å²) >= 11 is 6.27. The van der Waals surface area contributed by atoms with E-state index in [-0.39, 0.29) is 36.3 Å². The summed E-state index contributed by atoms with van der Waals surface area (Å²) in [6.45, 7) is 6.71. The fourth-order valence-corrected chi connectivity index (χ4v) is 7.91. The van der Waals surface area contributed by atoms with Crippen LogP contribution >= 0.6 is 11.6 Å². The molecule has 13 nitrogen and oxygen atoms in total. The Labute approximate surface area is 312 Å². The van der Waals surface area contributed by atoms with Crippen molar-refractivity contribution in [1.29, 1.82) is 0 Å². The van der Waals surface area contributed by atoms with Crippen molar-refractivity contribution in [2.24, 2.45) is 0 Å². The Kier molecular flexibility index (Phi) is 12.2. The number of hydrogen-bond donors (Lipinski definition) is 3. The second-order valence-corrected chi connectivity index (χ2v) is 16.7. The quantitative estimate of drug-likeness (QED) is 0.0842. The van der Waals surface area contributed by atoms with Crippen LogP contribution in [0.4, 0.5) is 5.69 Å². The standard InChI is InChI=1S/C37H40ClN3O10S2/c1-25-28-23-26(38)14-17-32(28)40(21-9-10-22-52(45,46)47)31(25)11-5-3-6-12-33-37(2,29-24-27(53(48,49)50)15-16-30(29)39-33)20-8-4-7-13-36(44)51-41-34(42)18-19-35(41)43/h3,5-6,11-12,14-17,23-24H,1,4,7-10,13,18-22H2,2H3,(H,45,46,47)(H,48,49,50)/p+1. The lowest BCUT2D eigenvalue weighted by molar-refractivity contribution is -0.349. The predicted octanol–water partition coefficient (Wildman–Crippen LogP) is 3.19. The van der Waals surface area contributed by atoms with E-state index in [4.69, 9.17) is 21.0 Å². The van der Waals surface area contributed by atoms with Crippen molar-refractivity contribution in [3.05, 3.63) is 81.9 Å². The molecular weight excluding hydrogens is 746 g/mol. The maximum Gasteiger partial charge on any atom is 0.333 e. The van der Waals surface area contributed by atoms with Gasteiger partial charge in [0.05, 0.1) is 16.1 Å². The minimum atomic E-state index is -4.46. The van der Waals surface area contributed by atoms with Crippen LogP contribution in [0, 0.1) is 0 Å². The minimum Gasteiger partial charge on any atom is -0.340 e. The number of benzene rings is 2. The summed E-state index contributed by atoms with van der Waals surface area (Å²) in [7, 11) is -8.52. The van der Waals surface area contributed by atoms with Crippen molar-refractivity contribution in [2.75, 3.05) is 5.75 Å². The van der Waals surface area contributed by atoms with Gasteiger partial charge < -0.3 is 9.40 Å². The molecular formula is C37H41ClN3O10S2+. The number of allylic oxidation sites excluding steroid dienone is 4. The SMILES string of the molecule is C=c1c(=CC=CC=CC2=[NH+]c3ccc(S(=O)(=O)O)cc3C2(C)CCCCCC(=O)ON2C(=O)CCC2=O)n(CCCCS(=O)(=O)O)c2ccc(Cl)cc12. The van der Waals surface area contributed by atoms with Gasteiger partial charge in [0.1, 0.15) is 0 Å². The predicted molar refractivity (Wildman–Crippen MR) is 200 cm³/mol. The van der Waals surface area contributed by atoms with Gasteiger partial charge >= 0.3 is 5.97 Å². The van der Waals surface area contributed by atoms with Crippen LogP contribution in [0.15, 0.2) is 65.6 Å². The highest BCUT2D eigenvalue weighted by Crippen LogP contribution is 2.38. The van der Waals surface area contributed by atoms with E-state index in [1.54, 1.807) is 12.1 Å². The summed E-state index contributed by atoms with van der Waals surface area (Å²) in [5, 5.41) is 3.51. The molecule has 16 heteroatoms. The first kappa shape index (κ1) is 39.8. The van der Waals surface area contributed by atoms with E-state index < -0.39 is 43.4 Å². The van der Waals surface area contributed by atoms with Crippen LogP contribution in [0.2, 0.25) is 5.02 Å². The molecule has 2 aromatic carbocycles. The molecule has 53 heavy (non-hydrogen) atoms. The first-order valence-corrected chi connectivity index (χ1v) is 20.5. The number of aryl methyl sites for hydroxylation is 1. The summed E-state index contributed by atoms with van der Waals surface area (Å²) in [6, 6.07) is 9.88. The first-order valence-electron chi connectivity index (χ1n) is 17.1. The number of unbranched alkanes of at least 4 members (excludes halogenated alkanes) is 3. The van der Waals surface area contributed by atoms with E-state index in [2.05, 4.69) is 11.6 Å². The number of carbonyl (C=O) groups excluding carboxylic acids is 3. The molecule has 0 saturated carbocycles. The van der Waals surface area contributed by atoms with E-state index in [0.717, 1.165) is 27.2 Å². The van der Waals surface area contributed by atoms with E-state index in [9.17, 15) is 35.8 Å².